The van der Waals surface area contributed by atoms with E-state index in [-0.39, 0.29) is 0 Å². The van der Waals surface area contributed by atoms with Gasteiger partial charge in [0.2, 0.25) is 0 Å². The first-order chi connectivity index (χ1) is 4.20. The van der Waals surface area contributed by atoms with Crippen molar-refractivity contribution < 1.29 is 0 Å². The van der Waals surface area contributed by atoms with Gasteiger partial charge in [0.05, 0.1) is 0 Å². The molecule has 0 rings (SSSR count). The molecule has 0 spiro atoms. The summed E-state index contributed by atoms with van der Waals surface area (Å²) >= 11 is 0. The molecular formula is C9H14. The third-order valence-corrected chi connectivity index (χ3v) is 1.50. The fraction of sp³-hybridized carbons (Fsp3) is 0.556. The molecule has 1 atom stereocenters. The normalized spacial score (nSPS) is 12.1. The molecule has 0 fully saturated rings. The van der Waals surface area contributed by atoms with E-state index in [0.29, 0.717) is 5.92 Å². The average Bonchev–Trinajstić information content (AvgIpc) is 1.87. The monoisotopic (exact) mass is 122 g/mol. The zero-order valence-corrected chi connectivity index (χ0v) is 6.28. The fourth-order valence-electron chi connectivity index (χ4n) is 0.624. The van der Waals surface area contributed by atoms with Crippen molar-refractivity contribution in [1.29, 1.82) is 0 Å². The molecule has 0 saturated heterocycles. The van der Waals surface area contributed by atoms with Crippen LogP contribution in [0.1, 0.15) is 26.7 Å². The predicted molar refractivity (Wildman–Crippen MR) is 42.0 cm³/mol. The largest absolute Gasteiger partial charge is 0.115 e. The molecule has 0 aliphatic heterocycles. The van der Waals surface area contributed by atoms with Gasteiger partial charge in [-0.1, -0.05) is 32.8 Å². The summed E-state index contributed by atoms with van der Waals surface area (Å²) in [4.78, 5) is 0. The minimum atomic E-state index is 0.688. The Hall–Kier alpha value is -0.700. The highest BCUT2D eigenvalue weighted by Gasteiger charge is 1.97. The van der Waals surface area contributed by atoms with Gasteiger partial charge in [0.1, 0.15) is 0 Å². The number of rotatable bonds is 3. The summed E-state index contributed by atoms with van der Waals surface area (Å²) in [7, 11) is 0. The van der Waals surface area contributed by atoms with E-state index in [1.54, 1.807) is 0 Å². The summed E-state index contributed by atoms with van der Waals surface area (Å²) in [5, 5.41) is 0. The van der Waals surface area contributed by atoms with Gasteiger partial charge in [0.25, 0.3) is 0 Å². The maximum absolute atomic E-state index is 5.13. The molecule has 50 valence electrons. The van der Waals surface area contributed by atoms with Crippen molar-refractivity contribution in [3.63, 3.8) is 0 Å². The molecule has 0 aromatic rings. The third kappa shape index (κ3) is 3.85. The molecule has 0 heterocycles. The van der Waals surface area contributed by atoms with Crippen molar-refractivity contribution >= 4 is 0 Å². The number of hydrogen-bond acceptors (Lipinski definition) is 0. The summed E-state index contributed by atoms with van der Waals surface area (Å²) in [5.41, 5.74) is 0.921. The number of terminal acetylenes is 1. The summed E-state index contributed by atoms with van der Waals surface area (Å²) in [6, 6.07) is 0. The van der Waals surface area contributed by atoms with Gasteiger partial charge < -0.3 is 0 Å². The van der Waals surface area contributed by atoms with Crippen molar-refractivity contribution in [2.45, 2.75) is 26.7 Å². The van der Waals surface area contributed by atoms with Crippen LogP contribution < -0.4 is 0 Å². The van der Waals surface area contributed by atoms with Crippen molar-refractivity contribution in [1.82, 2.24) is 0 Å². The molecule has 0 heteroatoms. The maximum atomic E-state index is 5.13. The summed E-state index contributed by atoms with van der Waals surface area (Å²) in [6.07, 6.45) is 7.29. The van der Waals surface area contributed by atoms with Crippen LogP contribution in [0.5, 0.6) is 0 Å². The molecule has 0 aromatic carbocycles. The van der Waals surface area contributed by atoms with Crippen LogP contribution in [0.15, 0.2) is 12.2 Å². The number of allylic oxidation sites excluding steroid dienone is 1. The Kier molecular flexibility index (Phi) is 3.88. The molecule has 0 bridgehead atoms. The fourth-order valence-corrected chi connectivity index (χ4v) is 0.624. The second kappa shape index (κ2) is 4.21. The van der Waals surface area contributed by atoms with Gasteiger partial charge in [-0.25, -0.2) is 0 Å². The lowest BCUT2D eigenvalue weighted by Crippen LogP contribution is -1.91. The molecule has 9 heavy (non-hydrogen) atoms. The van der Waals surface area contributed by atoms with E-state index in [2.05, 4.69) is 26.3 Å². The van der Waals surface area contributed by atoms with E-state index in [1.807, 2.05) is 0 Å². The lowest BCUT2D eigenvalue weighted by Gasteiger charge is -2.04. The molecular weight excluding hydrogens is 108 g/mol. The Balaban J connectivity index is 3.50. The van der Waals surface area contributed by atoms with Crippen LogP contribution in [0, 0.1) is 18.3 Å². The molecule has 0 N–H and O–H groups in total. The van der Waals surface area contributed by atoms with Crippen LogP contribution in [0.2, 0.25) is 0 Å². The Labute approximate surface area is 58.0 Å². The zero-order chi connectivity index (χ0) is 7.28. The van der Waals surface area contributed by atoms with Crippen LogP contribution in [0.3, 0.4) is 0 Å². The zero-order valence-electron chi connectivity index (χ0n) is 6.28. The van der Waals surface area contributed by atoms with E-state index in [9.17, 15) is 0 Å². The van der Waals surface area contributed by atoms with Crippen LogP contribution >= 0.6 is 0 Å². The summed E-state index contributed by atoms with van der Waals surface area (Å²) in [5.74, 6) is 3.22. The highest BCUT2D eigenvalue weighted by atomic mass is 14.0. The van der Waals surface area contributed by atoms with Crippen molar-refractivity contribution in [2.24, 2.45) is 5.92 Å². The van der Waals surface area contributed by atoms with Gasteiger partial charge in [0.15, 0.2) is 0 Å². The third-order valence-electron chi connectivity index (χ3n) is 1.50. The lowest BCUT2D eigenvalue weighted by atomic mass is 10.0. The molecule has 0 aliphatic carbocycles. The first-order valence-corrected chi connectivity index (χ1v) is 3.35. The summed E-state index contributed by atoms with van der Waals surface area (Å²) in [6.45, 7) is 8.07. The highest BCUT2D eigenvalue weighted by molar-refractivity contribution is 5.21. The standard InChI is InChI=1S/C9H14/c1-5-8(3)7-9(4)6-2/h1,9H,3,6-7H2,2,4H3/t9-/m0/s1. The smallest absolute Gasteiger partial charge is 0.00516 e. The predicted octanol–water partition coefficient (Wildman–Crippen LogP) is 2.61. The maximum Gasteiger partial charge on any atom is -0.00516 e. The summed E-state index contributed by atoms with van der Waals surface area (Å²) < 4.78 is 0. The minimum absolute atomic E-state index is 0.688. The molecule has 0 unspecified atom stereocenters. The van der Waals surface area contributed by atoms with E-state index >= 15 is 0 Å². The van der Waals surface area contributed by atoms with E-state index < -0.39 is 0 Å². The van der Waals surface area contributed by atoms with Crippen molar-refractivity contribution in [3.05, 3.63) is 12.2 Å². The Bertz CT molecular complexity index is 125. The van der Waals surface area contributed by atoms with Gasteiger partial charge in [-0.3, -0.25) is 0 Å². The second-order valence-corrected chi connectivity index (χ2v) is 2.47. The first-order valence-electron chi connectivity index (χ1n) is 3.35. The lowest BCUT2D eigenvalue weighted by molar-refractivity contribution is 0.564. The Morgan fingerprint density at radius 1 is 1.78 bits per heavy atom. The van der Waals surface area contributed by atoms with Crippen molar-refractivity contribution in [3.8, 4) is 12.3 Å². The van der Waals surface area contributed by atoms with Crippen LogP contribution in [-0.2, 0) is 0 Å². The Morgan fingerprint density at radius 3 is 2.67 bits per heavy atom. The van der Waals surface area contributed by atoms with Gasteiger partial charge >= 0.3 is 0 Å². The quantitative estimate of drug-likeness (QED) is 0.505. The molecule has 0 amide bonds. The highest BCUT2D eigenvalue weighted by Crippen LogP contribution is 2.11. The van der Waals surface area contributed by atoms with Gasteiger partial charge in [-0.05, 0) is 17.9 Å². The van der Waals surface area contributed by atoms with Crippen molar-refractivity contribution in [2.75, 3.05) is 0 Å². The first kappa shape index (κ1) is 8.30. The van der Waals surface area contributed by atoms with E-state index in [4.69, 9.17) is 6.42 Å². The van der Waals surface area contributed by atoms with E-state index in [0.717, 1.165) is 12.0 Å². The van der Waals surface area contributed by atoms with Gasteiger partial charge in [-0.2, -0.15) is 0 Å². The van der Waals surface area contributed by atoms with E-state index in [1.165, 1.54) is 6.42 Å². The molecule has 0 radical (unpaired) electrons. The Morgan fingerprint density at radius 2 is 2.33 bits per heavy atom. The molecule has 0 aromatic heterocycles. The SMILES string of the molecule is C#CC(=C)C[C@@H](C)CC. The van der Waals surface area contributed by atoms with Gasteiger partial charge in [0, 0.05) is 0 Å². The molecule has 0 nitrogen and oxygen atoms in total. The molecule has 0 aliphatic rings. The number of hydrogen-bond donors (Lipinski definition) is 0. The molecule has 0 saturated carbocycles. The van der Waals surface area contributed by atoms with Crippen LogP contribution in [0.4, 0.5) is 0 Å². The average molecular weight is 122 g/mol. The van der Waals surface area contributed by atoms with Crippen LogP contribution in [-0.4, -0.2) is 0 Å². The van der Waals surface area contributed by atoms with Gasteiger partial charge in [-0.15, -0.1) is 6.42 Å². The minimum Gasteiger partial charge on any atom is -0.115 e. The topological polar surface area (TPSA) is 0 Å². The van der Waals surface area contributed by atoms with Crippen LogP contribution in [0.25, 0.3) is 0 Å². The second-order valence-electron chi connectivity index (χ2n) is 2.47.